The molecule has 0 spiro atoms. The van der Waals surface area contributed by atoms with Gasteiger partial charge in [0, 0.05) is 18.7 Å². The second-order valence-corrected chi connectivity index (χ2v) is 10.3. The van der Waals surface area contributed by atoms with E-state index in [4.69, 9.17) is 12.2 Å². The third kappa shape index (κ3) is 5.50. The molecule has 1 aliphatic rings. The van der Waals surface area contributed by atoms with Crippen molar-refractivity contribution in [3.8, 4) is 6.07 Å². The first-order chi connectivity index (χ1) is 17.7. The molecule has 9 heteroatoms. The van der Waals surface area contributed by atoms with Crippen molar-refractivity contribution in [2.24, 2.45) is 0 Å². The maximum absolute atomic E-state index is 13.4. The van der Waals surface area contributed by atoms with Gasteiger partial charge in [-0.3, -0.25) is 19.1 Å². The number of rotatable bonds is 7. The fraction of sp³-hybridized carbons (Fsp3) is 0.214. The van der Waals surface area contributed by atoms with Crippen LogP contribution in [0.3, 0.4) is 0 Å². The quantitative estimate of drug-likeness (QED) is 0.319. The molecular weight excluding hydrogens is 507 g/mol. The van der Waals surface area contributed by atoms with Crippen molar-refractivity contribution >= 4 is 46.1 Å². The van der Waals surface area contributed by atoms with E-state index in [-0.39, 0.29) is 17.3 Å². The zero-order chi connectivity index (χ0) is 26.7. The van der Waals surface area contributed by atoms with E-state index in [0.717, 1.165) is 16.7 Å². The standard InChI is InChI=1S/C28H25FN4O2S2/c1-4-32-25(31-15-19-9-11-21(29)12-10-19)22(18(3)23(14-30)26(32)34)13-24-27(35)33(28(36)37-24)16-20-7-5-17(2)6-8-20/h5-13,31H,4,15-16H2,1-3H3/b24-13+. The average Bonchev–Trinajstić information content (AvgIpc) is 3.14. The summed E-state index contributed by atoms with van der Waals surface area (Å²) in [4.78, 5) is 28.4. The van der Waals surface area contributed by atoms with Crippen molar-refractivity contribution in [2.75, 3.05) is 5.32 Å². The van der Waals surface area contributed by atoms with Crippen molar-refractivity contribution < 1.29 is 9.18 Å². The van der Waals surface area contributed by atoms with Crippen LogP contribution in [0.2, 0.25) is 0 Å². The third-order valence-corrected chi connectivity index (χ3v) is 7.55. The van der Waals surface area contributed by atoms with Gasteiger partial charge in [0.05, 0.1) is 11.4 Å². The molecule has 1 fully saturated rings. The number of aromatic nitrogens is 1. The number of thiocarbonyl (C=S) groups is 1. The number of hydrogen-bond acceptors (Lipinski definition) is 6. The maximum atomic E-state index is 13.4. The van der Waals surface area contributed by atoms with Crippen molar-refractivity contribution in [1.29, 1.82) is 5.26 Å². The van der Waals surface area contributed by atoms with Gasteiger partial charge in [-0.15, -0.1) is 0 Å². The van der Waals surface area contributed by atoms with Crippen LogP contribution in [0.25, 0.3) is 6.08 Å². The number of thioether (sulfide) groups is 1. The molecule has 1 saturated heterocycles. The lowest BCUT2D eigenvalue weighted by molar-refractivity contribution is -0.122. The Hall–Kier alpha value is -3.74. The normalized spacial score (nSPS) is 14.4. The first-order valence-electron chi connectivity index (χ1n) is 11.7. The van der Waals surface area contributed by atoms with Crippen LogP contribution in [0.15, 0.2) is 58.2 Å². The van der Waals surface area contributed by atoms with E-state index in [9.17, 15) is 19.2 Å². The van der Waals surface area contributed by atoms with Crippen molar-refractivity contribution in [2.45, 2.75) is 40.4 Å². The van der Waals surface area contributed by atoms with Crippen molar-refractivity contribution in [3.05, 3.63) is 103 Å². The van der Waals surface area contributed by atoms with E-state index in [0.29, 0.717) is 45.8 Å². The van der Waals surface area contributed by atoms with Crippen LogP contribution in [-0.2, 0) is 24.4 Å². The SMILES string of the molecule is CCn1c(NCc2ccc(F)cc2)c(/C=C2/SC(=S)N(Cc3ccc(C)cc3)C2=O)c(C)c(C#N)c1=O. The third-order valence-electron chi connectivity index (χ3n) is 6.17. The second kappa shape index (κ2) is 11.1. The monoisotopic (exact) mass is 532 g/mol. The topological polar surface area (TPSA) is 78.1 Å². The molecule has 1 aliphatic heterocycles. The van der Waals surface area contributed by atoms with Gasteiger partial charge < -0.3 is 5.32 Å². The summed E-state index contributed by atoms with van der Waals surface area (Å²) >= 11 is 6.71. The lowest BCUT2D eigenvalue weighted by Gasteiger charge is -2.19. The smallest absolute Gasteiger partial charge is 0.270 e. The van der Waals surface area contributed by atoms with Gasteiger partial charge in [-0.2, -0.15) is 5.26 Å². The molecule has 4 rings (SSSR count). The number of carbonyl (C=O) groups is 1. The highest BCUT2D eigenvalue weighted by molar-refractivity contribution is 8.26. The molecule has 188 valence electrons. The minimum absolute atomic E-state index is 0.0237. The minimum Gasteiger partial charge on any atom is -0.367 e. The number of hydrogen-bond donors (Lipinski definition) is 1. The number of benzene rings is 2. The number of halogens is 1. The number of anilines is 1. The Kier molecular flexibility index (Phi) is 7.91. The number of nitrogens with one attached hydrogen (secondary N) is 1. The van der Waals surface area contributed by atoms with Crippen LogP contribution in [0.1, 0.15) is 40.3 Å². The van der Waals surface area contributed by atoms with E-state index < -0.39 is 5.56 Å². The maximum Gasteiger partial charge on any atom is 0.270 e. The Balaban J connectivity index is 1.74. The van der Waals surface area contributed by atoms with E-state index in [2.05, 4.69) is 5.32 Å². The van der Waals surface area contributed by atoms with Crippen LogP contribution in [0, 0.1) is 31.0 Å². The molecule has 0 saturated carbocycles. The van der Waals surface area contributed by atoms with E-state index >= 15 is 0 Å². The van der Waals surface area contributed by atoms with Crippen LogP contribution in [0.5, 0.6) is 0 Å². The Bertz CT molecular complexity index is 1500. The van der Waals surface area contributed by atoms with Crippen LogP contribution < -0.4 is 10.9 Å². The van der Waals surface area contributed by atoms with Gasteiger partial charge in [0.2, 0.25) is 0 Å². The van der Waals surface area contributed by atoms with Gasteiger partial charge in [0.1, 0.15) is 27.6 Å². The highest BCUT2D eigenvalue weighted by Crippen LogP contribution is 2.36. The Morgan fingerprint density at radius 1 is 1.08 bits per heavy atom. The van der Waals surface area contributed by atoms with Gasteiger partial charge in [-0.25, -0.2) is 4.39 Å². The molecule has 0 aliphatic carbocycles. The molecule has 1 N–H and O–H groups in total. The summed E-state index contributed by atoms with van der Waals surface area (Å²) in [5.41, 5.74) is 3.56. The molecular formula is C28H25FN4O2S2. The van der Waals surface area contributed by atoms with Gasteiger partial charge in [-0.05, 0) is 55.7 Å². The van der Waals surface area contributed by atoms with E-state index in [1.807, 2.05) is 44.2 Å². The molecule has 0 unspecified atom stereocenters. The van der Waals surface area contributed by atoms with E-state index in [1.54, 1.807) is 30.0 Å². The summed E-state index contributed by atoms with van der Waals surface area (Å²) in [5.74, 6) is -0.0823. The minimum atomic E-state index is -0.409. The van der Waals surface area contributed by atoms with Gasteiger partial charge >= 0.3 is 0 Å². The number of pyridine rings is 1. The Labute approximate surface area is 224 Å². The van der Waals surface area contributed by atoms with Gasteiger partial charge in [-0.1, -0.05) is 65.9 Å². The fourth-order valence-electron chi connectivity index (χ4n) is 4.09. The summed E-state index contributed by atoms with van der Waals surface area (Å²) in [7, 11) is 0. The van der Waals surface area contributed by atoms with Gasteiger partial charge in [0.25, 0.3) is 11.5 Å². The summed E-state index contributed by atoms with van der Waals surface area (Å²) in [6.45, 7) is 6.50. The van der Waals surface area contributed by atoms with E-state index in [1.165, 1.54) is 28.5 Å². The Morgan fingerprint density at radius 2 is 1.73 bits per heavy atom. The summed E-state index contributed by atoms with van der Waals surface area (Å²) in [5, 5.41) is 13.0. The van der Waals surface area contributed by atoms with Crippen molar-refractivity contribution in [3.63, 3.8) is 0 Å². The number of nitrogens with zero attached hydrogens (tertiary/aromatic N) is 3. The summed E-state index contributed by atoms with van der Waals surface area (Å²) in [6.07, 6.45) is 1.70. The highest BCUT2D eigenvalue weighted by Gasteiger charge is 2.33. The average molecular weight is 533 g/mol. The first kappa shape index (κ1) is 26.3. The summed E-state index contributed by atoms with van der Waals surface area (Å²) < 4.78 is 15.3. The number of amides is 1. The fourth-order valence-corrected chi connectivity index (χ4v) is 5.32. The molecule has 6 nitrogen and oxygen atoms in total. The molecule has 37 heavy (non-hydrogen) atoms. The largest absolute Gasteiger partial charge is 0.367 e. The molecule has 1 amide bonds. The predicted octanol–water partition coefficient (Wildman–Crippen LogP) is 5.51. The molecule has 2 heterocycles. The lowest BCUT2D eigenvalue weighted by atomic mass is 10.0. The predicted molar refractivity (Wildman–Crippen MR) is 149 cm³/mol. The number of carbonyl (C=O) groups excluding carboxylic acids is 1. The molecule has 0 bridgehead atoms. The van der Waals surface area contributed by atoms with Crippen LogP contribution >= 0.6 is 24.0 Å². The van der Waals surface area contributed by atoms with Crippen molar-refractivity contribution in [1.82, 2.24) is 9.47 Å². The number of aryl methyl sites for hydroxylation is 1. The molecule has 0 atom stereocenters. The highest BCUT2D eigenvalue weighted by atomic mass is 32.2. The summed E-state index contributed by atoms with van der Waals surface area (Å²) in [6, 6.07) is 16.0. The lowest BCUT2D eigenvalue weighted by Crippen LogP contribution is -2.28. The van der Waals surface area contributed by atoms with Crippen LogP contribution in [-0.4, -0.2) is 19.7 Å². The molecule has 0 radical (unpaired) electrons. The van der Waals surface area contributed by atoms with Crippen LogP contribution in [0.4, 0.5) is 10.2 Å². The first-order valence-corrected chi connectivity index (χ1v) is 12.9. The number of nitriles is 1. The Morgan fingerprint density at radius 3 is 2.35 bits per heavy atom. The van der Waals surface area contributed by atoms with Gasteiger partial charge in [0.15, 0.2) is 0 Å². The zero-order valence-electron chi connectivity index (χ0n) is 20.7. The zero-order valence-corrected chi connectivity index (χ0v) is 22.3. The molecule has 2 aromatic carbocycles. The molecule has 3 aromatic rings. The molecule has 1 aromatic heterocycles. The second-order valence-electron chi connectivity index (χ2n) is 8.66.